The molecule has 0 radical (unpaired) electrons. The van der Waals surface area contributed by atoms with Crippen LogP contribution in [0.5, 0.6) is 11.5 Å². The number of aromatic nitrogens is 2. The summed E-state index contributed by atoms with van der Waals surface area (Å²) >= 11 is 2.97. The van der Waals surface area contributed by atoms with E-state index >= 15 is 0 Å². The molecule has 0 unspecified atom stereocenters. The summed E-state index contributed by atoms with van der Waals surface area (Å²) in [4.78, 5) is 20.5. The molecule has 316 valence electrons. The molecule has 4 aromatic carbocycles. The van der Waals surface area contributed by atoms with Gasteiger partial charge in [0.15, 0.2) is 21.7 Å². The van der Waals surface area contributed by atoms with Crippen molar-refractivity contribution in [2.45, 2.75) is 52.4 Å². The predicted octanol–water partition coefficient (Wildman–Crippen LogP) is 11.8. The first kappa shape index (κ1) is 46.1. The van der Waals surface area contributed by atoms with Crippen molar-refractivity contribution in [3.63, 3.8) is 0 Å². The summed E-state index contributed by atoms with van der Waals surface area (Å²) in [7, 11) is 3.30. The molecular weight excluding hydrogens is 856 g/mol. The van der Waals surface area contributed by atoms with E-state index in [1.807, 2.05) is 38.1 Å². The number of nitrogens with zero attached hydrogens (tertiary/aromatic N) is 4. The molecule has 0 atom stereocenters. The van der Waals surface area contributed by atoms with Gasteiger partial charge >= 0.3 is 0 Å². The number of thiazole rings is 2. The summed E-state index contributed by atoms with van der Waals surface area (Å²) in [6.07, 6.45) is 5.63. The number of anilines is 2. The van der Waals surface area contributed by atoms with Crippen LogP contribution in [0.15, 0.2) is 82.8 Å². The van der Waals surface area contributed by atoms with Crippen LogP contribution in [0.2, 0.25) is 0 Å². The molecule has 8 nitrogen and oxygen atoms in total. The molecule has 0 aliphatic heterocycles. The molecule has 0 spiro atoms. The monoisotopic (exact) mass is 898 g/mol. The number of benzene rings is 4. The highest BCUT2D eigenvalue weighted by Gasteiger charge is 2.25. The normalized spacial score (nSPS) is 13.0. The second kappa shape index (κ2) is 21.0. The van der Waals surface area contributed by atoms with Crippen molar-refractivity contribution in [3.05, 3.63) is 129 Å². The van der Waals surface area contributed by atoms with Gasteiger partial charge in [-0.1, -0.05) is 24.3 Å². The van der Waals surface area contributed by atoms with Gasteiger partial charge in [-0.3, -0.25) is 9.98 Å². The van der Waals surface area contributed by atoms with E-state index in [-0.39, 0.29) is 36.2 Å². The summed E-state index contributed by atoms with van der Waals surface area (Å²) in [5, 5.41) is 6.90. The van der Waals surface area contributed by atoms with E-state index in [2.05, 4.69) is 32.8 Å². The lowest BCUT2D eigenvalue weighted by Crippen LogP contribution is -2.16. The van der Waals surface area contributed by atoms with Crippen LogP contribution in [0.25, 0.3) is 20.9 Å². The largest absolute Gasteiger partial charge is 0.497 e. The fourth-order valence-electron chi connectivity index (χ4n) is 6.89. The Labute approximate surface area is 367 Å². The second-order valence-electron chi connectivity index (χ2n) is 13.4. The quantitative estimate of drug-likeness (QED) is 0.0898. The Morgan fingerprint density at radius 1 is 0.600 bits per heavy atom. The van der Waals surface area contributed by atoms with Gasteiger partial charge < -0.3 is 20.1 Å². The van der Waals surface area contributed by atoms with E-state index < -0.39 is 23.3 Å². The van der Waals surface area contributed by atoms with E-state index in [1.165, 1.54) is 70.2 Å². The minimum Gasteiger partial charge on any atom is -0.497 e. The van der Waals surface area contributed by atoms with Gasteiger partial charge in [0.1, 0.15) is 46.1 Å². The molecule has 16 heteroatoms. The summed E-state index contributed by atoms with van der Waals surface area (Å²) in [6.45, 7) is 4.68. The van der Waals surface area contributed by atoms with Crippen LogP contribution >= 0.6 is 47.5 Å². The highest BCUT2D eigenvalue weighted by Crippen LogP contribution is 2.40. The highest BCUT2D eigenvalue weighted by atomic mass is 35.5. The minimum absolute atomic E-state index is 0. The first-order valence-corrected chi connectivity index (χ1v) is 20.7. The molecule has 8 rings (SSSR count). The van der Waals surface area contributed by atoms with Crippen LogP contribution in [0, 0.1) is 23.3 Å². The van der Waals surface area contributed by atoms with Gasteiger partial charge in [-0.2, -0.15) is 0 Å². The Kier molecular flexibility index (Phi) is 16.1. The van der Waals surface area contributed by atoms with Crippen LogP contribution in [0.3, 0.4) is 0 Å². The Morgan fingerprint density at radius 2 is 0.983 bits per heavy atom. The van der Waals surface area contributed by atoms with Gasteiger partial charge in [0.2, 0.25) is 0 Å². The van der Waals surface area contributed by atoms with Crippen molar-refractivity contribution in [2.24, 2.45) is 9.98 Å². The average molecular weight is 900 g/mol. The summed E-state index contributed by atoms with van der Waals surface area (Å²) in [5.41, 5.74) is 6.25. The molecule has 0 saturated heterocycles. The highest BCUT2D eigenvalue weighted by molar-refractivity contribution is 7.17. The number of halogens is 6. The number of fused-ring (bicyclic) bond motifs is 6. The van der Waals surface area contributed by atoms with E-state index in [0.29, 0.717) is 34.8 Å². The molecule has 6 aromatic rings. The molecule has 0 saturated carbocycles. The van der Waals surface area contributed by atoms with Gasteiger partial charge in [-0.25, -0.2) is 27.5 Å². The zero-order valence-electron chi connectivity index (χ0n) is 33.3. The number of para-hydroxylation sites is 2. The lowest BCUT2D eigenvalue weighted by Gasteiger charge is -2.10. The Morgan fingerprint density at radius 3 is 1.33 bits per heavy atom. The smallest absolute Gasteiger partial charge is 0.162 e. The number of rotatable bonds is 8. The first-order chi connectivity index (χ1) is 28.2. The fraction of sp³-hybridized carbons (Fsp3) is 0.273. The van der Waals surface area contributed by atoms with E-state index in [4.69, 9.17) is 19.4 Å². The summed E-state index contributed by atoms with van der Waals surface area (Å²) in [6, 6.07) is 19.7. The zero-order valence-corrected chi connectivity index (χ0v) is 36.6. The van der Waals surface area contributed by atoms with Crippen molar-refractivity contribution in [1.29, 1.82) is 0 Å². The standard InChI is InChI=1S/2C22H21F2N3OS.2ClH/c2*1-3-25-21(27-19-16(23)7-5-8-17(19)24)22-26-18-9-4-6-13-10-11-14(28-2)12-15(13)20(18)29-22;;/h2*5,7-8,10-12H,3-4,6,9H2,1-2H3,(H,25,27);2*1H. The van der Waals surface area contributed by atoms with Crippen LogP contribution in [0.4, 0.5) is 28.9 Å². The molecule has 0 amide bonds. The Hall–Kier alpha value is -5.02. The third-order valence-electron chi connectivity index (χ3n) is 9.69. The van der Waals surface area contributed by atoms with Crippen LogP contribution in [-0.2, 0) is 25.7 Å². The van der Waals surface area contributed by atoms with Crippen molar-refractivity contribution in [2.75, 3.05) is 37.9 Å². The molecule has 2 N–H and O–H groups in total. The number of methoxy groups -OCH3 is 2. The Balaban J connectivity index is 0.000000220. The average Bonchev–Trinajstić information content (AvgIpc) is 3.76. The van der Waals surface area contributed by atoms with Gasteiger partial charge in [0.05, 0.1) is 35.4 Å². The maximum absolute atomic E-state index is 14.1. The number of ether oxygens (including phenoxy) is 2. The van der Waals surface area contributed by atoms with Crippen LogP contribution in [0.1, 0.15) is 59.2 Å². The lowest BCUT2D eigenvalue weighted by atomic mass is 10.0. The van der Waals surface area contributed by atoms with Crippen molar-refractivity contribution in [3.8, 4) is 32.4 Å². The minimum atomic E-state index is -0.665. The molecule has 0 bridgehead atoms. The number of hydrogen-bond acceptors (Lipinski definition) is 8. The van der Waals surface area contributed by atoms with E-state index in [0.717, 1.165) is 82.3 Å². The SMILES string of the molecule is CCN=C(Nc1c(F)cccc1F)c1nc2c(s1)-c1cc(OC)ccc1CCC2.CCN=C(Nc1c(F)cccc1F)c1nc2c(s1)-c1cc(OC)ccc1CCC2.Cl.Cl. The van der Waals surface area contributed by atoms with Crippen LogP contribution in [-0.4, -0.2) is 48.9 Å². The van der Waals surface area contributed by atoms with Crippen LogP contribution < -0.4 is 20.1 Å². The number of nitrogens with one attached hydrogen (secondary N) is 2. The Bertz CT molecular complexity index is 2300. The van der Waals surface area contributed by atoms with Crippen molar-refractivity contribution < 1.29 is 27.0 Å². The summed E-state index contributed by atoms with van der Waals surface area (Å²) in [5.74, 6) is -0.327. The van der Waals surface area contributed by atoms with Gasteiger partial charge in [0, 0.05) is 24.2 Å². The molecule has 2 aliphatic carbocycles. The summed E-state index contributed by atoms with van der Waals surface area (Å²) < 4.78 is 67.4. The maximum atomic E-state index is 14.1. The van der Waals surface area contributed by atoms with Crippen molar-refractivity contribution >= 4 is 70.5 Å². The third kappa shape index (κ3) is 10.1. The van der Waals surface area contributed by atoms with Gasteiger partial charge in [-0.05, 0) is 112 Å². The third-order valence-corrected chi connectivity index (χ3v) is 12.0. The number of aryl methyl sites for hydroxylation is 4. The predicted molar refractivity (Wildman–Crippen MR) is 241 cm³/mol. The van der Waals surface area contributed by atoms with Crippen molar-refractivity contribution in [1.82, 2.24) is 9.97 Å². The fourth-order valence-corrected chi connectivity index (χ4v) is 9.14. The first-order valence-electron chi connectivity index (χ1n) is 19.1. The van der Waals surface area contributed by atoms with Gasteiger partial charge in [0.25, 0.3) is 0 Å². The molecule has 60 heavy (non-hydrogen) atoms. The molecule has 2 heterocycles. The number of hydrogen-bond donors (Lipinski definition) is 2. The maximum Gasteiger partial charge on any atom is 0.162 e. The topological polar surface area (TPSA) is 93.0 Å². The zero-order chi connectivity index (χ0) is 40.8. The molecular formula is C44H44Cl2F4N6O2S2. The molecule has 0 fully saturated rings. The molecule has 2 aromatic heterocycles. The van der Waals surface area contributed by atoms with E-state index in [9.17, 15) is 17.6 Å². The number of amidine groups is 2. The second-order valence-corrected chi connectivity index (χ2v) is 15.4. The lowest BCUT2D eigenvalue weighted by molar-refractivity contribution is 0.414. The van der Waals surface area contributed by atoms with Gasteiger partial charge in [-0.15, -0.1) is 47.5 Å². The van der Waals surface area contributed by atoms with E-state index in [1.54, 1.807) is 14.2 Å². The molecule has 2 aliphatic rings. The number of aliphatic imine (C=N–C) groups is 2.